The number of nitrogen functional groups attached to an aromatic ring is 1. The van der Waals surface area contributed by atoms with Gasteiger partial charge in [0.15, 0.2) is 0 Å². The first kappa shape index (κ1) is 21.9. The Balaban J connectivity index is 1.75. The maximum atomic E-state index is 13.2. The second-order valence-corrected chi connectivity index (χ2v) is 8.20. The number of amides is 1. The zero-order chi connectivity index (χ0) is 23.5. The quantitative estimate of drug-likeness (QED) is 0.314. The molecule has 0 saturated heterocycles. The highest BCUT2D eigenvalue weighted by Crippen LogP contribution is 2.38. The molecule has 1 amide bonds. The molecular weight excluding hydrogens is 438 g/mol. The number of thiophene rings is 1. The minimum absolute atomic E-state index is 0.269. The summed E-state index contributed by atoms with van der Waals surface area (Å²) in [6, 6.07) is 20.1. The summed E-state index contributed by atoms with van der Waals surface area (Å²) < 4.78 is 11.2. The minimum Gasteiger partial charge on any atom is -0.495 e. The second-order valence-electron chi connectivity index (χ2n) is 7.12. The van der Waals surface area contributed by atoms with Crippen LogP contribution in [0.3, 0.4) is 0 Å². The van der Waals surface area contributed by atoms with Crippen molar-refractivity contribution in [1.29, 1.82) is 0 Å². The van der Waals surface area contributed by atoms with E-state index in [1.165, 1.54) is 26.4 Å². The molecule has 4 rings (SSSR count). The van der Waals surface area contributed by atoms with Gasteiger partial charge in [0.1, 0.15) is 11.3 Å². The van der Waals surface area contributed by atoms with Gasteiger partial charge in [0.25, 0.3) is 5.91 Å². The number of fused-ring (bicyclic) bond motifs is 1. The van der Waals surface area contributed by atoms with Crippen molar-refractivity contribution in [1.82, 2.24) is 0 Å². The third-order valence-corrected chi connectivity index (χ3v) is 6.29. The summed E-state index contributed by atoms with van der Waals surface area (Å²) in [4.78, 5) is 25.9. The predicted molar refractivity (Wildman–Crippen MR) is 128 cm³/mol. The van der Waals surface area contributed by atoms with Crippen LogP contribution in [0.25, 0.3) is 20.5 Å². The van der Waals surface area contributed by atoms with Crippen LogP contribution in [0.4, 0.5) is 11.4 Å². The molecule has 3 aromatic carbocycles. The van der Waals surface area contributed by atoms with Crippen LogP contribution in [0.15, 0.2) is 60.7 Å². The summed E-state index contributed by atoms with van der Waals surface area (Å²) in [5.41, 5.74) is 8.50. The maximum absolute atomic E-state index is 13.2. The van der Waals surface area contributed by atoms with Crippen molar-refractivity contribution in [2.24, 2.45) is 0 Å². The van der Waals surface area contributed by atoms with Crippen molar-refractivity contribution in [3.8, 4) is 22.3 Å². The fraction of sp³-hybridized carbons (Fsp3) is 0.0800. The highest BCUT2D eigenvalue weighted by atomic mass is 32.1. The molecule has 1 heterocycles. The molecule has 33 heavy (non-hydrogen) atoms. The molecule has 0 spiro atoms. The Labute approximate surface area is 194 Å². The molecule has 0 aliphatic carbocycles. The van der Waals surface area contributed by atoms with Crippen LogP contribution in [-0.2, 0) is 4.74 Å². The molecule has 0 bridgehead atoms. The Bertz CT molecular complexity index is 1400. The van der Waals surface area contributed by atoms with Gasteiger partial charge in [-0.2, -0.15) is 0 Å². The average molecular weight is 459 g/mol. The summed E-state index contributed by atoms with van der Waals surface area (Å²) in [6.45, 7) is 0. The molecule has 0 aliphatic heterocycles. The summed E-state index contributed by atoms with van der Waals surface area (Å²) in [7, 11) is 2.75. The Morgan fingerprint density at radius 3 is 2.52 bits per heavy atom. The fourth-order valence-electron chi connectivity index (χ4n) is 3.45. The first-order valence-corrected chi connectivity index (χ1v) is 10.7. The van der Waals surface area contributed by atoms with E-state index in [1.807, 2.05) is 30.3 Å². The smallest absolute Gasteiger partial charge is 0.337 e. The SMILES string of the molecule is COC(=O)c1ccc(OC)c(NC(=O)c2cc(C#[NH+])c(N)c(-c3cc4ccccc4s3)c2)c1. The van der Waals surface area contributed by atoms with Crippen LogP contribution in [-0.4, -0.2) is 26.1 Å². The molecule has 0 aliphatic rings. The number of rotatable bonds is 5. The minimum atomic E-state index is -0.534. The van der Waals surface area contributed by atoms with Gasteiger partial charge in [0.2, 0.25) is 0 Å². The van der Waals surface area contributed by atoms with Crippen molar-refractivity contribution in [3.63, 3.8) is 0 Å². The van der Waals surface area contributed by atoms with Crippen LogP contribution >= 0.6 is 11.3 Å². The Morgan fingerprint density at radius 1 is 1.03 bits per heavy atom. The highest BCUT2D eigenvalue weighted by molar-refractivity contribution is 7.22. The van der Waals surface area contributed by atoms with E-state index in [1.54, 1.807) is 29.5 Å². The molecule has 7 nitrogen and oxygen atoms in total. The fourth-order valence-corrected chi connectivity index (χ4v) is 4.54. The van der Waals surface area contributed by atoms with Crippen LogP contribution in [0.2, 0.25) is 0 Å². The topological polar surface area (TPSA) is 114 Å². The zero-order valence-electron chi connectivity index (χ0n) is 17.9. The van der Waals surface area contributed by atoms with Crippen LogP contribution in [0, 0.1) is 6.07 Å². The largest absolute Gasteiger partial charge is 0.495 e. The first-order valence-electron chi connectivity index (χ1n) is 9.88. The number of nitrogens with one attached hydrogen (secondary N) is 2. The summed E-state index contributed by atoms with van der Waals surface area (Å²) in [6.07, 6.45) is 0. The van der Waals surface area contributed by atoms with E-state index in [4.69, 9.17) is 20.5 Å². The number of hydrogen-bond acceptors (Lipinski definition) is 6. The van der Waals surface area contributed by atoms with Gasteiger partial charge in [-0.15, -0.1) is 11.3 Å². The Morgan fingerprint density at radius 2 is 1.82 bits per heavy atom. The van der Waals surface area contributed by atoms with Crippen molar-refractivity contribution in [3.05, 3.63) is 77.4 Å². The number of esters is 1. The molecule has 0 radical (unpaired) electrons. The van der Waals surface area contributed by atoms with E-state index in [9.17, 15) is 9.59 Å². The number of carbonyl (C=O) groups excluding carboxylic acids is 2. The lowest BCUT2D eigenvalue weighted by atomic mass is 10.0. The number of methoxy groups -OCH3 is 2. The second kappa shape index (κ2) is 9.02. The van der Waals surface area contributed by atoms with Crippen molar-refractivity contribution in [2.75, 3.05) is 25.3 Å². The molecule has 0 saturated carbocycles. The van der Waals surface area contributed by atoms with E-state index in [2.05, 4.69) is 11.4 Å². The van der Waals surface area contributed by atoms with E-state index in [-0.39, 0.29) is 11.1 Å². The van der Waals surface area contributed by atoms with Crippen molar-refractivity contribution in [2.45, 2.75) is 0 Å². The van der Waals surface area contributed by atoms with Gasteiger partial charge >= 0.3 is 12.0 Å². The Kier molecular flexibility index (Phi) is 5.98. The molecule has 164 valence electrons. The predicted octanol–water partition coefficient (Wildman–Crippen LogP) is 3.32. The zero-order valence-corrected chi connectivity index (χ0v) is 18.7. The summed E-state index contributed by atoms with van der Waals surface area (Å²) in [5.74, 6) is -0.599. The lowest BCUT2D eigenvalue weighted by Gasteiger charge is -2.13. The van der Waals surface area contributed by atoms with E-state index >= 15 is 0 Å². The van der Waals surface area contributed by atoms with Gasteiger partial charge in [-0.3, -0.25) is 4.79 Å². The van der Waals surface area contributed by atoms with Gasteiger partial charge < -0.3 is 20.5 Å². The third-order valence-electron chi connectivity index (χ3n) is 5.14. The first-order chi connectivity index (χ1) is 15.9. The standard InChI is InChI=1S/C25H19N3O4S/c1-31-20-8-7-15(25(30)32-2)11-19(20)28-24(29)16-9-17(13-26)23(27)18(10-16)22-12-14-5-3-4-6-21(14)33-22/h3-12H,27H2,1-2H3,(H,28,29)/p+1. The lowest BCUT2D eigenvalue weighted by molar-refractivity contribution is -0.0908. The van der Waals surface area contributed by atoms with Crippen LogP contribution in [0.1, 0.15) is 26.3 Å². The number of benzene rings is 3. The van der Waals surface area contributed by atoms with Gasteiger partial charge in [-0.25, -0.2) is 4.79 Å². The molecule has 1 aromatic heterocycles. The van der Waals surface area contributed by atoms with Gasteiger partial charge in [-0.05, 0) is 47.9 Å². The van der Waals surface area contributed by atoms with E-state index in [0.717, 1.165) is 15.0 Å². The number of anilines is 2. The van der Waals surface area contributed by atoms with Crippen molar-refractivity contribution < 1.29 is 24.3 Å². The molecular formula is C25H20N3O4S+. The summed E-state index contributed by atoms with van der Waals surface area (Å²) in [5, 5.41) is 11.5. The Hall–Kier alpha value is -4.35. The average Bonchev–Trinajstić information content (AvgIpc) is 3.27. The van der Waals surface area contributed by atoms with E-state index < -0.39 is 11.9 Å². The molecule has 0 atom stereocenters. The summed E-state index contributed by atoms with van der Waals surface area (Å²) >= 11 is 1.55. The molecule has 0 unspecified atom stereocenters. The number of nitrogens with two attached hydrogens (primary N) is 1. The lowest BCUT2D eigenvalue weighted by Crippen LogP contribution is -2.19. The van der Waals surface area contributed by atoms with E-state index in [0.29, 0.717) is 28.3 Å². The molecule has 4 aromatic rings. The highest BCUT2D eigenvalue weighted by Gasteiger charge is 2.19. The normalized spacial score (nSPS) is 10.5. The van der Waals surface area contributed by atoms with Crippen LogP contribution < -0.4 is 21.0 Å². The van der Waals surface area contributed by atoms with Gasteiger partial charge in [0.05, 0.1) is 31.2 Å². The maximum Gasteiger partial charge on any atom is 0.337 e. The third kappa shape index (κ3) is 4.22. The molecule has 8 heteroatoms. The van der Waals surface area contributed by atoms with Gasteiger partial charge in [-0.1, -0.05) is 23.5 Å². The molecule has 0 fully saturated rings. The number of carbonyl (C=O) groups is 2. The van der Waals surface area contributed by atoms with Crippen LogP contribution in [0.5, 0.6) is 5.75 Å². The number of ether oxygens (including phenoxy) is 2. The number of hydrogen-bond donors (Lipinski definition) is 3. The van der Waals surface area contributed by atoms with Crippen molar-refractivity contribution >= 4 is 44.7 Å². The van der Waals surface area contributed by atoms with Gasteiger partial charge in [0, 0.05) is 20.7 Å². The molecule has 4 N–H and O–H groups in total. The monoisotopic (exact) mass is 458 g/mol.